The lowest BCUT2D eigenvalue weighted by Gasteiger charge is -2.36. The highest BCUT2D eigenvalue weighted by molar-refractivity contribution is 7.14. The molecule has 0 bridgehead atoms. The molecular weight excluding hydrogens is 296 g/mol. The van der Waals surface area contributed by atoms with E-state index in [4.69, 9.17) is 5.73 Å². The van der Waals surface area contributed by atoms with Gasteiger partial charge in [-0.15, -0.1) is 11.3 Å². The average molecular weight is 320 g/mol. The van der Waals surface area contributed by atoms with Gasteiger partial charge in [0, 0.05) is 17.5 Å². The van der Waals surface area contributed by atoms with E-state index in [1.54, 1.807) is 11.3 Å². The molecule has 0 unspecified atom stereocenters. The van der Waals surface area contributed by atoms with Crippen LogP contribution in [0.5, 0.6) is 0 Å². The fourth-order valence-corrected chi connectivity index (χ4v) is 4.74. The Kier molecular flexibility index (Phi) is 4.26. The van der Waals surface area contributed by atoms with Crippen LogP contribution in [0, 0.1) is 11.8 Å². The molecule has 0 radical (unpaired) electrons. The van der Waals surface area contributed by atoms with E-state index in [-0.39, 0.29) is 23.8 Å². The van der Waals surface area contributed by atoms with Gasteiger partial charge in [-0.3, -0.25) is 9.59 Å². The van der Waals surface area contributed by atoms with E-state index in [0.29, 0.717) is 12.5 Å². The van der Waals surface area contributed by atoms with Crippen molar-refractivity contribution < 1.29 is 9.59 Å². The standard InChI is InChI=1S/C17H24N2O2S/c1-10-3-6-14-13(7-10)8-15(22-14)17(21)19-9-12(16(18)20)5-4-11(19)2/h8,10-12H,3-7,9H2,1-2H3,(H2,18,20)/t10-,11-,12-/m1/s1. The average Bonchev–Trinajstić information content (AvgIpc) is 2.89. The second-order valence-corrected chi connectivity index (χ2v) is 8.03. The monoisotopic (exact) mass is 320 g/mol. The first-order valence-corrected chi connectivity index (χ1v) is 8.99. The van der Waals surface area contributed by atoms with Gasteiger partial charge in [-0.1, -0.05) is 6.92 Å². The number of piperidine rings is 1. The van der Waals surface area contributed by atoms with E-state index in [1.807, 2.05) is 4.90 Å². The minimum absolute atomic E-state index is 0.0745. The van der Waals surface area contributed by atoms with Crippen molar-refractivity contribution in [2.24, 2.45) is 17.6 Å². The minimum Gasteiger partial charge on any atom is -0.369 e. The number of carbonyl (C=O) groups excluding carboxylic acids is 2. The number of hydrogen-bond donors (Lipinski definition) is 1. The molecule has 5 heteroatoms. The third kappa shape index (κ3) is 2.91. The van der Waals surface area contributed by atoms with E-state index < -0.39 is 0 Å². The highest BCUT2D eigenvalue weighted by Gasteiger charge is 2.33. The number of amides is 2. The summed E-state index contributed by atoms with van der Waals surface area (Å²) in [4.78, 5) is 28.4. The Hall–Kier alpha value is -1.36. The van der Waals surface area contributed by atoms with Crippen molar-refractivity contribution >= 4 is 23.2 Å². The lowest BCUT2D eigenvalue weighted by Crippen LogP contribution is -2.48. The molecule has 1 saturated heterocycles. The molecule has 0 aromatic carbocycles. The summed E-state index contributed by atoms with van der Waals surface area (Å²) in [5, 5.41) is 0. The SMILES string of the molecule is C[C@@H]1CCc2sc(C(=O)N3C[C@H](C(N)=O)CC[C@H]3C)cc2C1. The van der Waals surface area contributed by atoms with Crippen LogP contribution in [-0.2, 0) is 17.6 Å². The van der Waals surface area contributed by atoms with Crippen molar-refractivity contribution in [3.63, 3.8) is 0 Å². The maximum Gasteiger partial charge on any atom is 0.264 e. The zero-order valence-electron chi connectivity index (χ0n) is 13.3. The van der Waals surface area contributed by atoms with E-state index >= 15 is 0 Å². The van der Waals surface area contributed by atoms with E-state index in [1.165, 1.54) is 16.9 Å². The van der Waals surface area contributed by atoms with Crippen molar-refractivity contribution in [3.8, 4) is 0 Å². The van der Waals surface area contributed by atoms with Gasteiger partial charge in [0.2, 0.25) is 5.91 Å². The molecule has 120 valence electrons. The van der Waals surface area contributed by atoms with E-state index in [2.05, 4.69) is 19.9 Å². The number of thiophene rings is 1. The van der Waals surface area contributed by atoms with Crippen molar-refractivity contribution in [1.29, 1.82) is 0 Å². The molecule has 1 aliphatic heterocycles. The second kappa shape index (κ2) is 6.03. The summed E-state index contributed by atoms with van der Waals surface area (Å²) in [5.41, 5.74) is 6.78. The van der Waals surface area contributed by atoms with E-state index in [9.17, 15) is 9.59 Å². The van der Waals surface area contributed by atoms with Crippen LogP contribution >= 0.6 is 11.3 Å². The van der Waals surface area contributed by atoms with Crippen LogP contribution < -0.4 is 5.73 Å². The number of primary amides is 1. The van der Waals surface area contributed by atoms with Crippen LogP contribution in [0.1, 0.15) is 53.2 Å². The Morgan fingerprint density at radius 1 is 1.27 bits per heavy atom. The van der Waals surface area contributed by atoms with Gasteiger partial charge in [0.15, 0.2) is 0 Å². The Morgan fingerprint density at radius 3 is 2.77 bits per heavy atom. The number of likely N-dealkylation sites (tertiary alicyclic amines) is 1. The molecule has 3 atom stereocenters. The summed E-state index contributed by atoms with van der Waals surface area (Å²) >= 11 is 1.64. The zero-order chi connectivity index (χ0) is 15.9. The second-order valence-electron chi connectivity index (χ2n) is 6.89. The van der Waals surface area contributed by atoms with Gasteiger partial charge in [-0.2, -0.15) is 0 Å². The smallest absolute Gasteiger partial charge is 0.264 e. The first-order chi connectivity index (χ1) is 10.5. The predicted molar refractivity (Wildman–Crippen MR) is 87.9 cm³/mol. The molecule has 4 nitrogen and oxygen atoms in total. The van der Waals surface area contributed by atoms with Crippen molar-refractivity contribution in [3.05, 3.63) is 21.4 Å². The summed E-state index contributed by atoms with van der Waals surface area (Å²) in [6.07, 6.45) is 5.03. The van der Waals surface area contributed by atoms with Crippen molar-refractivity contribution in [2.45, 2.75) is 52.0 Å². The largest absolute Gasteiger partial charge is 0.369 e. The number of rotatable bonds is 2. The van der Waals surface area contributed by atoms with Crippen LogP contribution in [0.4, 0.5) is 0 Å². The van der Waals surface area contributed by atoms with Gasteiger partial charge < -0.3 is 10.6 Å². The van der Waals surface area contributed by atoms with Gasteiger partial charge in [-0.05, 0) is 56.6 Å². The summed E-state index contributed by atoms with van der Waals surface area (Å²) in [6, 6.07) is 2.26. The quantitative estimate of drug-likeness (QED) is 0.910. The van der Waals surface area contributed by atoms with Gasteiger partial charge in [0.25, 0.3) is 5.91 Å². The van der Waals surface area contributed by atoms with Crippen LogP contribution in [0.2, 0.25) is 0 Å². The summed E-state index contributed by atoms with van der Waals surface area (Å²) < 4.78 is 0. The number of aryl methyl sites for hydroxylation is 1. The Balaban J connectivity index is 1.79. The Bertz CT molecular complexity index is 595. The van der Waals surface area contributed by atoms with Crippen LogP contribution in [0.15, 0.2) is 6.07 Å². The minimum atomic E-state index is -0.288. The highest BCUT2D eigenvalue weighted by Crippen LogP contribution is 2.34. The molecule has 2 amide bonds. The van der Waals surface area contributed by atoms with Gasteiger partial charge in [-0.25, -0.2) is 0 Å². The molecule has 2 aliphatic rings. The fourth-order valence-electron chi connectivity index (χ4n) is 3.57. The zero-order valence-corrected chi connectivity index (χ0v) is 14.1. The third-order valence-corrected chi connectivity index (χ3v) is 6.31. The van der Waals surface area contributed by atoms with Crippen LogP contribution in [0.25, 0.3) is 0 Å². The molecule has 2 heterocycles. The number of nitrogens with two attached hydrogens (primary N) is 1. The Morgan fingerprint density at radius 2 is 2.05 bits per heavy atom. The lowest BCUT2D eigenvalue weighted by molar-refractivity contribution is -0.123. The molecule has 3 rings (SSSR count). The van der Waals surface area contributed by atoms with Crippen molar-refractivity contribution in [2.75, 3.05) is 6.54 Å². The fraction of sp³-hybridized carbons (Fsp3) is 0.647. The molecular formula is C17H24N2O2S. The normalized spacial score (nSPS) is 28.3. The molecule has 1 fully saturated rings. The Labute approximate surface area is 135 Å². The van der Waals surface area contributed by atoms with Gasteiger partial charge in [0.05, 0.1) is 10.8 Å². The molecule has 1 aliphatic carbocycles. The molecule has 22 heavy (non-hydrogen) atoms. The summed E-state index contributed by atoms with van der Waals surface area (Å²) in [6.45, 7) is 4.80. The molecule has 0 spiro atoms. The number of hydrogen-bond acceptors (Lipinski definition) is 3. The van der Waals surface area contributed by atoms with Crippen LogP contribution in [-0.4, -0.2) is 29.3 Å². The van der Waals surface area contributed by atoms with Crippen molar-refractivity contribution in [1.82, 2.24) is 4.90 Å². The number of nitrogens with zero attached hydrogens (tertiary/aromatic N) is 1. The number of fused-ring (bicyclic) bond motifs is 1. The maximum absolute atomic E-state index is 12.9. The van der Waals surface area contributed by atoms with Gasteiger partial charge >= 0.3 is 0 Å². The lowest BCUT2D eigenvalue weighted by atomic mass is 9.90. The molecule has 1 aromatic heterocycles. The third-order valence-electron chi connectivity index (χ3n) is 5.09. The highest BCUT2D eigenvalue weighted by atomic mass is 32.1. The van der Waals surface area contributed by atoms with Crippen LogP contribution in [0.3, 0.4) is 0 Å². The number of carbonyl (C=O) groups is 2. The first-order valence-electron chi connectivity index (χ1n) is 8.17. The van der Waals surface area contributed by atoms with E-state index in [0.717, 1.165) is 30.6 Å². The summed E-state index contributed by atoms with van der Waals surface area (Å²) in [7, 11) is 0. The molecule has 1 aromatic rings. The maximum atomic E-state index is 12.9. The summed E-state index contributed by atoms with van der Waals surface area (Å²) in [5.74, 6) is 0.294. The first kappa shape index (κ1) is 15.5. The van der Waals surface area contributed by atoms with Gasteiger partial charge in [0.1, 0.15) is 0 Å². The molecule has 0 saturated carbocycles. The predicted octanol–water partition coefficient (Wildman–Crippen LogP) is 2.60. The molecule has 2 N–H and O–H groups in total. The topological polar surface area (TPSA) is 63.4 Å².